The molecule has 0 aliphatic carbocycles. The molecule has 0 saturated heterocycles. The number of hydrogen-bond acceptors (Lipinski definition) is 3. The summed E-state index contributed by atoms with van der Waals surface area (Å²) in [4.78, 5) is 14.8. The van der Waals surface area contributed by atoms with E-state index in [0.29, 0.717) is 18.2 Å². The molecule has 1 aliphatic rings. The van der Waals surface area contributed by atoms with Crippen molar-refractivity contribution in [1.82, 2.24) is 14.8 Å². The molecule has 0 bridgehead atoms. The Balaban J connectivity index is 2.06. The molecule has 1 unspecified atom stereocenters. The number of nitrogens with zero attached hydrogens (tertiary/aromatic N) is 3. The number of carbonyl (C=O) groups is 1. The predicted octanol–water partition coefficient (Wildman–Crippen LogP) is 0.878. The Bertz CT molecular complexity index is 373. The molecule has 1 aromatic heterocycles. The third-order valence-corrected chi connectivity index (χ3v) is 2.70. The molecule has 0 fully saturated rings. The fraction of sp³-hybridized carbons (Fsp3) is 0.700. The van der Waals surface area contributed by atoms with Crippen molar-refractivity contribution in [2.45, 2.75) is 39.2 Å². The molecular formula is C10H15N3O2. The largest absolute Gasteiger partial charge is 0.481 e. The van der Waals surface area contributed by atoms with Crippen LogP contribution in [0.3, 0.4) is 0 Å². The van der Waals surface area contributed by atoms with E-state index in [4.69, 9.17) is 5.11 Å². The maximum atomic E-state index is 10.4. The summed E-state index contributed by atoms with van der Waals surface area (Å²) in [5.74, 6) is 1.53. The first-order valence-electron chi connectivity index (χ1n) is 5.29. The van der Waals surface area contributed by atoms with Crippen molar-refractivity contribution >= 4 is 5.97 Å². The molecule has 15 heavy (non-hydrogen) atoms. The van der Waals surface area contributed by atoms with Crippen molar-refractivity contribution in [3.63, 3.8) is 0 Å². The molecule has 2 heterocycles. The number of fused-ring (bicyclic) bond motifs is 1. The number of carboxylic acids is 1. The monoisotopic (exact) mass is 209 g/mol. The van der Waals surface area contributed by atoms with Gasteiger partial charge in [-0.05, 0) is 12.3 Å². The van der Waals surface area contributed by atoms with Gasteiger partial charge >= 0.3 is 5.97 Å². The normalized spacial score (nSPS) is 19.9. The predicted molar refractivity (Wildman–Crippen MR) is 53.5 cm³/mol. The maximum Gasteiger partial charge on any atom is 0.303 e. The average molecular weight is 209 g/mol. The molecule has 2 rings (SSSR count). The summed E-state index contributed by atoms with van der Waals surface area (Å²) in [5, 5.41) is 12.9. The molecule has 0 aromatic carbocycles. The van der Waals surface area contributed by atoms with Gasteiger partial charge in [0.1, 0.15) is 5.82 Å². The lowest BCUT2D eigenvalue weighted by atomic mass is 10.0. The Labute approximate surface area is 88.1 Å². The molecule has 0 amide bonds. The van der Waals surface area contributed by atoms with E-state index >= 15 is 0 Å². The van der Waals surface area contributed by atoms with Crippen LogP contribution in [0.5, 0.6) is 0 Å². The van der Waals surface area contributed by atoms with E-state index in [1.54, 1.807) is 0 Å². The van der Waals surface area contributed by atoms with Gasteiger partial charge in [-0.25, -0.2) is 9.67 Å². The molecule has 1 atom stereocenters. The average Bonchev–Trinajstić information content (AvgIpc) is 2.56. The van der Waals surface area contributed by atoms with Crippen LogP contribution in [0.25, 0.3) is 0 Å². The summed E-state index contributed by atoms with van der Waals surface area (Å²) < 4.78 is 1.92. The molecule has 0 radical (unpaired) electrons. The van der Waals surface area contributed by atoms with Gasteiger partial charge in [0.2, 0.25) is 0 Å². The number of aryl methyl sites for hydroxylation is 2. The van der Waals surface area contributed by atoms with Crippen LogP contribution in [0, 0.1) is 5.92 Å². The Morgan fingerprint density at radius 1 is 1.67 bits per heavy atom. The zero-order valence-electron chi connectivity index (χ0n) is 8.81. The molecule has 0 saturated carbocycles. The van der Waals surface area contributed by atoms with E-state index in [-0.39, 0.29) is 6.42 Å². The fourth-order valence-electron chi connectivity index (χ4n) is 1.84. The van der Waals surface area contributed by atoms with Crippen molar-refractivity contribution in [3.05, 3.63) is 11.6 Å². The van der Waals surface area contributed by atoms with Crippen LogP contribution in [0.2, 0.25) is 0 Å². The van der Waals surface area contributed by atoms with E-state index in [0.717, 1.165) is 25.2 Å². The summed E-state index contributed by atoms with van der Waals surface area (Å²) in [6, 6.07) is 0. The van der Waals surface area contributed by atoms with E-state index in [1.165, 1.54) is 0 Å². The van der Waals surface area contributed by atoms with Crippen LogP contribution in [0.4, 0.5) is 0 Å². The lowest BCUT2D eigenvalue weighted by Gasteiger charge is -2.17. The first-order valence-corrected chi connectivity index (χ1v) is 5.29. The summed E-state index contributed by atoms with van der Waals surface area (Å²) in [5.41, 5.74) is 0. The van der Waals surface area contributed by atoms with Crippen LogP contribution in [-0.4, -0.2) is 25.8 Å². The fourth-order valence-corrected chi connectivity index (χ4v) is 1.84. The number of rotatable bonds is 3. The second-order valence-electron chi connectivity index (χ2n) is 4.16. The SMILES string of the molecule is CC1CCc2nc(CCC(=O)O)nn2C1. The van der Waals surface area contributed by atoms with Gasteiger partial charge < -0.3 is 5.11 Å². The zero-order valence-corrected chi connectivity index (χ0v) is 8.81. The Kier molecular flexibility index (Phi) is 2.70. The van der Waals surface area contributed by atoms with E-state index in [9.17, 15) is 4.79 Å². The highest BCUT2D eigenvalue weighted by Gasteiger charge is 2.18. The molecule has 1 aliphatic heterocycles. The Hall–Kier alpha value is -1.39. The second kappa shape index (κ2) is 4.00. The van der Waals surface area contributed by atoms with Gasteiger partial charge in [0.05, 0.1) is 6.42 Å². The van der Waals surface area contributed by atoms with Gasteiger partial charge in [-0.3, -0.25) is 4.79 Å². The van der Waals surface area contributed by atoms with E-state index < -0.39 is 5.97 Å². The third-order valence-electron chi connectivity index (χ3n) is 2.70. The van der Waals surface area contributed by atoms with Crippen LogP contribution >= 0.6 is 0 Å². The van der Waals surface area contributed by atoms with Crippen LogP contribution in [0.1, 0.15) is 31.4 Å². The van der Waals surface area contributed by atoms with Gasteiger partial charge in [-0.15, -0.1) is 0 Å². The van der Waals surface area contributed by atoms with Crippen molar-refractivity contribution in [3.8, 4) is 0 Å². The number of hydrogen-bond donors (Lipinski definition) is 1. The van der Waals surface area contributed by atoms with Crippen LogP contribution < -0.4 is 0 Å². The molecule has 82 valence electrons. The minimum absolute atomic E-state index is 0.110. The summed E-state index contributed by atoms with van der Waals surface area (Å²) in [7, 11) is 0. The van der Waals surface area contributed by atoms with Gasteiger partial charge in [0.15, 0.2) is 5.82 Å². The third kappa shape index (κ3) is 2.34. The molecule has 1 aromatic rings. The lowest BCUT2D eigenvalue weighted by molar-refractivity contribution is -0.137. The molecule has 1 N–H and O–H groups in total. The minimum atomic E-state index is -0.795. The highest BCUT2D eigenvalue weighted by atomic mass is 16.4. The maximum absolute atomic E-state index is 10.4. The van der Waals surface area contributed by atoms with Crippen LogP contribution in [-0.2, 0) is 24.2 Å². The second-order valence-corrected chi connectivity index (χ2v) is 4.16. The summed E-state index contributed by atoms with van der Waals surface area (Å²) >= 11 is 0. The number of aliphatic carboxylic acids is 1. The Morgan fingerprint density at radius 3 is 3.20 bits per heavy atom. The molecule has 5 nitrogen and oxygen atoms in total. The van der Waals surface area contributed by atoms with Crippen molar-refractivity contribution in [2.75, 3.05) is 0 Å². The standard InChI is InChI=1S/C10H15N3O2/c1-7-2-4-9-11-8(3-5-10(14)15)12-13(9)6-7/h7H,2-6H2,1H3,(H,14,15). The van der Waals surface area contributed by atoms with E-state index in [1.807, 2.05) is 4.68 Å². The number of carboxylic acid groups (broad SMARTS) is 1. The lowest BCUT2D eigenvalue weighted by Crippen LogP contribution is -2.18. The van der Waals surface area contributed by atoms with Gasteiger partial charge in [-0.1, -0.05) is 6.92 Å². The minimum Gasteiger partial charge on any atom is -0.481 e. The quantitative estimate of drug-likeness (QED) is 0.802. The first kappa shape index (κ1) is 10.1. The highest BCUT2D eigenvalue weighted by Crippen LogP contribution is 2.17. The number of aromatic nitrogens is 3. The van der Waals surface area contributed by atoms with E-state index in [2.05, 4.69) is 17.0 Å². The molecule has 5 heteroatoms. The summed E-state index contributed by atoms with van der Waals surface area (Å²) in [6.07, 6.45) is 2.65. The Morgan fingerprint density at radius 2 is 2.47 bits per heavy atom. The zero-order chi connectivity index (χ0) is 10.8. The van der Waals surface area contributed by atoms with Gasteiger partial charge in [0, 0.05) is 19.4 Å². The van der Waals surface area contributed by atoms with Crippen molar-refractivity contribution < 1.29 is 9.90 Å². The molecular weight excluding hydrogens is 194 g/mol. The van der Waals surface area contributed by atoms with Crippen LogP contribution in [0.15, 0.2) is 0 Å². The summed E-state index contributed by atoms with van der Waals surface area (Å²) in [6.45, 7) is 3.11. The van der Waals surface area contributed by atoms with Gasteiger partial charge in [-0.2, -0.15) is 5.10 Å². The van der Waals surface area contributed by atoms with Crippen molar-refractivity contribution in [1.29, 1.82) is 0 Å². The molecule has 0 spiro atoms. The first-order chi connectivity index (χ1) is 7.15. The van der Waals surface area contributed by atoms with Crippen molar-refractivity contribution in [2.24, 2.45) is 5.92 Å². The smallest absolute Gasteiger partial charge is 0.303 e. The topological polar surface area (TPSA) is 68.0 Å². The van der Waals surface area contributed by atoms with Gasteiger partial charge in [0.25, 0.3) is 0 Å². The highest BCUT2D eigenvalue weighted by molar-refractivity contribution is 5.66.